The van der Waals surface area contributed by atoms with Crippen LogP contribution in [0.5, 0.6) is 0 Å². The van der Waals surface area contributed by atoms with E-state index in [1.54, 1.807) is 0 Å². The van der Waals surface area contributed by atoms with E-state index >= 15 is 0 Å². The summed E-state index contributed by atoms with van der Waals surface area (Å²) in [4.78, 5) is 9.39. The van der Waals surface area contributed by atoms with Crippen molar-refractivity contribution in [3.05, 3.63) is 29.8 Å². The first-order valence-corrected chi connectivity index (χ1v) is 11.3. The fourth-order valence-electron chi connectivity index (χ4n) is 3.70. The molecule has 1 saturated heterocycles. The van der Waals surface area contributed by atoms with Gasteiger partial charge in [-0.15, -0.1) is 0 Å². The Morgan fingerprint density at radius 3 is 2.55 bits per heavy atom. The van der Waals surface area contributed by atoms with Gasteiger partial charge in [0.15, 0.2) is 5.96 Å². The molecular weight excluding hydrogens is 362 g/mol. The third-order valence-electron chi connectivity index (χ3n) is 5.71. The minimum Gasteiger partial charge on any atom is -0.381 e. The highest BCUT2D eigenvalue weighted by molar-refractivity contribution is 5.79. The second-order valence-electron chi connectivity index (χ2n) is 8.32. The quantitative estimate of drug-likeness (QED) is 0.339. The zero-order valence-electron chi connectivity index (χ0n) is 18.3. The lowest BCUT2D eigenvalue weighted by atomic mass is 10.2. The van der Waals surface area contributed by atoms with Gasteiger partial charge in [-0.25, -0.2) is 0 Å². The van der Waals surface area contributed by atoms with Crippen LogP contribution in [0.15, 0.2) is 29.3 Å². The molecule has 162 valence electrons. The molecule has 1 aliphatic carbocycles. The molecule has 0 bridgehead atoms. The molecule has 6 heteroatoms. The van der Waals surface area contributed by atoms with Crippen molar-refractivity contribution in [3.8, 4) is 0 Å². The van der Waals surface area contributed by atoms with Gasteiger partial charge in [0.25, 0.3) is 0 Å². The van der Waals surface area contributed by atoms with Gasteiger partial charge < -0.3 is 20.3 Å². The highest BCUT2D eigenvalue weighted by Gasteiger charge is 2.20. The van der Waals surface area contributed by atoms with Crippen LogP contribution in [0.1, 0.15) is 31.2 Å². The summed E-state index contributed by atoms with van der Waals surface area (Å²) in [7, 11) is 1.84. The largest absolute Gasteiger partial charge is 0.381 e. The number of benzene rings is 1. The van der Waals surface area contributed by atoms with Gasteiger partial charge in [-0.05, 0) is 62.8 Å². The summed E-state index contributed by atoms with van der Waals surface area (Å²) in [6.45, 7) is 11.5. The molecule has 0 radical (unpaired) electrons. The second kappa shape index (κ2) is 12.0. The molecule has 0 spiro atoms. The first kappa shape index (κ1) is 21.9. The van der Waals surface area contributed by atoms with E-state index in [1.807, 2.05) is 7.05 Å². The van der Waals surface area contributed by atoms with E-state index in [4.69, 9.17) is 4.74 Å². The standard InChI is InChI=1S/C23H39N5O/c1-20-6-3-7-22(18-20)28-15-13-27(14-16-28)12-4-10-25-23(24-2)26-11-5-17-29-19-21-8-9-21/h3,6-7,18,21H,4-5,8-17,19H2,1-2H3,(H2,24,25,26). The van der Waals surface area contributed by atoms with E-state index in [9.17, 15) is 0 Å². The Morgan fingerprint density at radius 2 is 1.86 bits per heavy atom. The SMILES string of the molecule is CN=C(NCCCOCC1CC1)NCCCN1CCN(c2cccc(C)c2)CC1. The van der Waals surface area contributed by atoms with E-state index < -0.39 is 0 Å². The molecule has 0 unspecified atom stereocenters. The van der Waals surface area contributed by atoms with Gasteiger partial charge in [0.05, 0.1) is 0 Å². The number of aliphatic imine (C=N–C) groups is 1. The zero-order valence-corrected chi connectivity index (χ0v) is 18.3. The van der Waals surface area contributed by atoms with Crippen molar-refractivity contribution in [2.75, 3.05) is 71.0 Å². The summed E-state index contributed by atoms with van der Waals surface area (Å²) < 4.78 is 5.67. The van der Waals surface area contributed by atoms with Gasteiger partial charge in [-0.3, -0.25) is 9.89 Å². The van der Waals surface area contributed by atoms with Crippen LogP contribution in [0.3, 0.4) is 0 Å². The number of nitrogens with zero attached hydrogens (tertiary/aromatic N) is 3. The number of anilines is 1. The van der Waals surface area contributed by atoms with Gasteiger partial charge in [-0.1, -0.05) is 12.1 Å². The number of nitrogens with one attached hydrogen (secondary N) is 2. The van der Waals surface area contributed by atoms with Crippen molar-refractivity contribution in [2.24, 2.45) is 10.9 Å². The highest BCUT2D eigenvalue weighted by Crippen LogP contribution is 2.28. The van der Waals surface area contributed by atoms with E-state index in [0.29, 0.717) is 0 Å². The fourth-order valence-corrected chi connectivity index (χ4v) is 3.70. The van der Waals surface area contributed by atoms with Gasteiger partial charge in [-0.2, -0.15) is 0 Å². The topological polar surface area (TPSA) is 52.1 Å². The van der Waals surface area contributed by atoms with E-state index in [2.05, 4.69) is 56.6 Å². The van der Waals surface area contributed by atoms with E-state index in [0.717, 1.165) is 83.7 Å². The summed E-state index contributed by atoms with van der Waals surface area (Å²) in [5, 5.41) is 6.81. The average molecular weight is 402 g/mol. The molecule has 1 saturated carbocycles. The third-order valence-corrected chi connectivity index (χ3v) is 5.71. The molecule has 0 amide bonds. The number of piperazine rings is 1. The maximum atomic E-state index is 5.67. The first-order chi connectivity index (χ1) is 14.2. The summed E-state index contributed by atoms with van der Waals surface area (Å²) in [6, 6.07) is 8.84. The highest BCUT2D eigenvalue weighted by atomic mass is 16.5. The summed E-state index contributed by atoms with van der Waals surface area (Å²) in [6.07, 6.45) is 4.88. The van der Waals surface area contributed by atoms with Crippen LogP contribution in [0.4, 0.5) is 5.69 Å². The molecule has 0 aromatic heterocycles. The Kier molecular flexibility index (Phi) is 9.09. The lowest BCUT2D eigenvalue weighted by Gasteiger charge is -2.36. The van der Waals surface area contributed by atoms with Crippen LogP contribution in [-0.4, -0.2) is 76.9 Å². The van der Waals surface area contributed by atoms with E-state index in [-0.39, 0.29) is 0 Å². The monoisotopic (exact) mass is 401 g/mol. The molecule has 29 heavy (non-hydrogen) atoms. The van der Waals surface area contributed by atoms with Crippen molar-refractivity contribution < 1.29 is 4.74 Å². The maximum absolute atomic E-state index is 5.67. The normalized spacial score (nSPS) is 18.1. The Morgan fingerprint density at radius 1 is 1.10 bits per heavy atom. The number of guanidine groups is 1. The molecule has 2 aliphatic rings. The first-order valence-electron chi connectivity index (χ1n) is 11.3. The van der Waals surface area contributed by atoms with E-state index in [1.165, 1.54) is 24.1 Å². The van der Waals surface area contributed by atoms with Crippen molar-refractivity contribution >= 4 is 11.6 Å². The minimum absolute atomic E-state index is 0.842. The summed E-state index contributed by atoms with van der Waals surface area (Å²) in [5.74, 6) is 1.75. The lowest BCUT2D eigenvalue weighted by molar-refractivity contribution is 0.123. The summed E-state index contributed by atoms with van der Waals surface area (Å²) in [5.41, 5.74) is 2.70. The lowest BCUT2D eigenvalue weighted by Crippen LogP contribution is -2.47. The van der Waals surface area contributed by atoms with Crippen LogP contribution >= 0.6 is 0 Å². The van der Waals surface area contributed by atoms with Crippen LogP contribution < -0.4 is 15.5 Å². The van der Waals surface area contributed by atoms with Crippen LogP contribution in [0, 0.1) is 12.8 Å². The molecule has 0 atom stereocenters. The Labute approximate surface area is 176 Å². The van der Waals surface area contributed by atoms with Crippen LogP contribution in [-0.2, 0) is 4.74 Å². The predicted octanol–water partition coefficient (Wildman–Crippen LogP) is 2.49. The van der Waals surface area contributed by atoms with Crippen molar-refractivity contribution in [3.63, 3.8) is 0 Å². The van der Waals surface area contributed by atoms with Gasteiger partial charge >= 0.3 is 0 Å². The minimum atomic E-state index is 0.842. The van der Waals surface area contributed by atoms with Crippen molar-refractivity contribution in [1.82, 2.24) is 15.5 Å². The number of rotatable bonds is 11. The molecule has 1 heterocycles. The third kappa shape index (κ3) is 8.23. The molecule has 1 aromatic carbocycles. The molecule has 2 fully saturated rings. The van der Waals surface area contributed by atoms with Crippen molar-refractivity contribution in [2.45, 2.75) is 32.6 Å². The number of hydrogen-bond donors (Lipinski definition) is 2. The van der Waals surface area contributed by atoms with Crippen LogP contribution in [0.25, 0.3) is 0 Å². The molecule has 2 N–H and O–H groups in total. The zero-order chi connectivity index (χ0) is 20.3. The molecule has 1 aliphatic heterocycles. The smallest absolute Gasteiger partial charge is 0.190 e. The Hall–Kier alpha value is -1.79. The number of hydrogen-bond acceptors (Lipinski definition) is 4. The predicted molar refractivity (Wildman–Crippen MR) is 122 cm³/mol. The summed E-state index contributed by atoms with van der Waals surface area (Å²) >= 11 is 0. The van der Waals surface area contributed by atoms with Gasteiger partial charge in [0, 0.05) is 65.2 Å². The van der Waals surface area contributed by atoms with Crippen LogP contribution in [0.2, 0.25) is 0 Å². The molecule has 1 aromatic rings. The number of ether oxygens (including phenoxy) is 1. The fraction of sp³-hybridized carbons (Fsp3) is 0.696. The molecule has 3 rings (SSSR count). The van der Waals surface area contributed by atoms with Gasteiger partial charge in [0.1, 0.15) is 0 Å². The molecular formula is C23H39N5O. The molecule has 6 nitrogen and oxygen atoms in total. The Balaban J connectivity index is 1.21. The average Bonchev–Trinajstić information content (AvgIpc) is 3.57. The second-order valence-corrected chi connectivity index (χ2v) is 8.32. The van der Waals surface area contributed by atoms with Gasteiger partial charge in [0.2, 0.25) is 0 Å². The Bertz CT molecular complexity index is 623. The number of aryl methyl sites for hydroxylation is 1. The maximum Gasteiger partial charge on any atom is 0.190 e. The van der Waals surface area contributed by atoms with Crippen molar-refractivity contribution in [1.29, 1.82) is 0 Å².